The van der Waals surface area contributed by atoms with E-state index in [2.05, 4.69) is 18.7 Å². The number of thiophene rings is 1. The molecule has 2 aromatic rings. The maximum Gasteiger partial charge on any atom is 0.282 e. The smallest absolute Gasteiger partial charge is 0.282 e. The summed E-state index contributed by atoms with van der Waals surface area (Å²) in [7, 11) is 0. The summed E-state index contributed by atoms with van der Waals surface area (Å²) in [6.07, 6.45) is 1.14. The molecule has 0 radical (unpaired) electrons. The Bertz CT molecular complexity index is 941. The lowest BCUT2D eigenvalue weighted by molar-refractivity contribution is -0.120. The fourth-order valence-corrected chi connectivity index (χ4v) is 5.18. The number of rotatable bonds is 5. The van der Waals surface area contributed by atoms with Crippen LogP contribution >= 0.6 is 11.3 Å². The van der Waals surface area contributed by atoms with Crippen molar-refractivity contribution in [2.24, 2.45) is 11.8 Å². The minimum Gasteiger partial charge on any atom is -0.494 e. The lowest BCUT2D eigenvalue weighted by Crippen LogP contribution is -2.42. The number of ether oxygens (including phenoxy) is 1. The maximum atomic E-state index is 13.6. The predicted molar refractivity (Wildman–Crippen MR) is 116 cm³/mol. The average molecular weight is 411 g/mol. The summed E-state index contributed by atoms with van der Waals surface area (Å²) in [4.78, 5) is 31.3. The molecular weight excluding hydrogens is 384 g/mol. The topological polar surface area (TPSA) is 49.9 Å². The van der Waals surface area contributed by atoms with Gasteiger partial charge in [0, 0.05) is 24.0 Å². The van der Waals surface area contributed by atoms with Gasteiger partial charge in [0.2, 0.25) is 0 Å². The zero-order valence-electron chi connectivity index (χ0n) is 17.1. The fourth-order valence-electron chi connectivity index (χ4n) is 4.41. The molecule has 2 aliphatic rings. The highest BCUT2D eigenvalue weighted by Gasteiger charge is 2.44. The Morgan fingerprint density at radius 3 is 2.48 bits per heavy atom. The molecule has 152 valence electrons. The summed E-state index contributed by atoms with van der Waals surface area (Å²) in [6.45, 7) is 8.43. The number of benzene rings is 1. The van der Waals surface area contributed by atoms with Gasteiger partial charge in [-0.2, -0.15) is 0 Å². The number of carbonyl (C=O) groups is 2. The Hall–Kier alpha value is -2.60. The molecule has 6 heteroatoms. The molecule has 5 nitrogen and oxygen atoms in total. The van der Waals surface area contributed by atoms with Gasteiger partial charge in [-0.15, -0.1) is 11.3 Å². The van der Waals surface area contributed by atoms with Crippen molar-refractivity contribution >= 4 is 34.4 Å². The highest BCUT2D eigenvalue weighted by molar-refractivity contribution is 7.11. The largest absolute Gasteiger partial charge is 0.494 e. The van der Waals surface area contributed by atoms with E-state index in [4.69, 9.17) is 4.74 Å². The molecule has 0 N–H and O–H groups in total. The van der Waals surface area contributed by atoms with Crippen LogP contribution in [0.1, 0.15) is 32.1 Å². The van der Waals surface area contributed by atoms with E-state index in [0.29, 0.717) is 41.1 Å². The first kappa shape index (κ1) is 19.7. The van der Waals surface area contributed by atoms with Gasteiger partial charge in [0.15, 0.2) is 0 Å². The summed E-state index contributed by atoms with van der Waals surface area (Å²) >= 11 is 1.49. The van der Waals surface area contributed by atoms with E-state index < -0.39 is 0 Å². The third kappa shape index (κ3) is 3.69. The first-order valence-electron chi connectivity index (χ1n) is 10.1. The Labute approximate surface area is 175 Å². The van der Waals surface area contributed by atoms with Crippen molar-refractivity contribution in [2.45, 2.75) is 27.2 Å². The fraction of sp³-hybridized carbons (Fsp3) is 0.391. The van der Waals surface area contributed by atoms with Gasteiger partial charge >= 0.3 is 0 Å². The number of piperidine rings is 1. The zero-order valence-corrected chi connectivity index (χ0v) is 17.9. The van der Waals surface area contributed by atoms with E-state index in [0.717, 1.165) is 24.4 Å². The lowest BCUT2D eigenvalue weighted by Gasteiger charge is -2.37. The van der Waals surface area contributed by atoms with Crippen molar-refractivity contribution in [2.75, 3.05) is 24.6 Å². The number of anilines is 1. The molecule has 2 aliphatic heterocycles. The summed E-state index contributed by atoms with van der Waals surface area (Å²) in [5, 5.41) is 1.94. The monoisotopic (exact) mass is 410 g/mol. The van der Waals surface area contributed by atoms with Gasteiger partial charge in [-0.3, -0.25) is 9.59 Å². The van der Waals surface area contributed by atoms with E-state index in [1.54, 1.807) is 12.1 Å². The highest BCUT2D eigenvalue weighted by atomic mass is 32.1. The van der Waals surface area contributed by atoms with Crippen molar-refractivity contribution in [1.82, 2.24) is 4.90 Å². The highest BCUT2D eigenvalue weighted by Crippen LogP contribution is 2.39. The SMILES string of the molecule is CCOc1cccc(N2C(=O)C(c3cccs3)=C(N3CC(C)CC(C)C3)C2=O)c1. The quantitative estimate of drug-likeness (QED) is 0.685. The van der Waals surface area contributed by atoms with Crippen molar-refractivity contribution < 1.29 is 14.3 Å². The van der Waals surface area contributed by atoms with Crippen LogP contribution in [0.2, 0.25) is 0 Å². The second kappa shape index (κ2) is 8.03. The molecule has 2 unspecified atom stereocenters. The summed E-state index contributed by atoms with van der Waals surface area (Å²) in [5.74, 6) is 1.11. The predicted octanol–water partition coefficient (Wildman–Crippen LogP) is 4.41. The Morgan fingerprint density at radius 2 is 1.83 bits per heavy atom. The molecule has 0 saturated carbocycles. The van der Waals surface area contributed by atoms with Crippen molar-refractivity contribution in [1.29, 1.82) is 0 Å². The van der Waals surface area contributed by atoms with Gasteiger partial charge in [0.05, 0.1) is 17.9 Å². The van der Waals surface area contributed by atoms with E-state index in [9.17, 15) is 9.59 Å². The van der Waals surface area contributed by atoms with Crippen LogP contribution in [0.15, 0.2) is 47.5 Å². The second-order valence-corrected chi connectivity index (χ2v) is 8.88. The summed E-state index contributed by atoms with van der Waals surface area (Å²) in [5.41, 5.74) is 1.61. The van der Waals surface area contributed by atoms with Crippen molar-refractivity contribution in [3.05, 3.63) is 52.4 Å². The lowest BCUT2D eigenvalue weighted by atomic mass is 9.91. The van der Waals surface area contributed by atoms with Crippen LogP contribution in [-0.4, -0.2) is 36.4 Å². The van der Waals surface area contributed by atoms with Crippen LogP contribution in [0.4, 0.5) is 5.69 Å². The van der Waals surface area contributed by atoms with Crippen LogP contribution in [0.5, 0.6) is 5.75 Å². The number of carbonyl (C=O) groups excluding carboxylic acids is 2. The standard InChI is InChI=1S/C23H26N2O3S/c1-4-28-18-8-5-7-17(12-18)25-22(26)20(19-9-6-10-29-19)21(23(25)27)24-13-15(2)11-16(3)14-24/h5-10,12,15-16H,4,11,13-14H2,1-3H3. The molecule has 0 spiro atoms. The van der Waals surface area contributed by atoms with Crippen LogP contribution in [-0.2, 0) is 9.59 Å². The molecule has 1 aromatic carbocycles. The van der Waals surface area contributed by atoms with Crippen LogP contribution in [0, 0.1) is 11.8 Å². The Balaban J connectivity index is 1.77. The molecular formula is C23H26N2O3S. The minimum atomic E-state index is -0.257. The van der Waals surface area contributed by atoms with Gasteiger partial charge in [0.1, 0.15) is 11.4 Å². The Morgan fingerprint density at radius 1 is 1.07 bits per heavy atom. The van der Waals surface area contributed by atoms with Crippen molar-refractivity contribution in [3.63, 3.8) is 0 Å². The molecule has 29 heavy (non-hydrogen) atoms. The molecule has 1 fully saturated rings. The number of amides is 2. The van der Waals surface area contributed by atoms with Crippen LogP contribution in [0.3, 0.4) is 0 Å². The molecule has 4 rings (SSSR count). The van der Waals surface area contributed by atoms with Gasteiger partial charge in [-0.05, 0) is 48.8 Å². The van der Waals surface area contributed by atoms with E-state index in [1.807, 2.05) is 36.6 Å². The second-order valence-electron chi connectivity index (χ2n) is 7.93. The maximum absolute atomic E-state index is 13.6. The van der Waals surface area contributed by atoms with Crippen LogP contribution < -0.4 is 9.64 Å². The zero-order chi connectivity index (χ0) is 20.5. The molecule has 2 amide bonds. The molecule has 0 aliphatic carbocycles. The van der Waals surface area contributed by atoms with E-state index >= 15 is 0 Å². The molecule has 3 heterocycles. The van der Waals surface area contributed by atoms with Gasteiger partial charge in [-0.1, -0.05) is 26.0 Å². The Kier molecular flexibility index (Phi) is 5.46. The third-order valence-electron chi connectivity index (χ3n) is 5.40. The van der Waals surface area contributed by atoms with Crippen molar-refractivity contribution in [3.8, 4) is 5.75 Å². The molecule has 1 saturated heterocycles. The number of hydrogen-bond acceptors (Lipinski definition) is 5. The number of imide groups is 1. The van der Waals surface area contributed by atoms with Gasteiger partial charge < -0.3 is 9.64 Å². The summed E-state index contributed by atoms with van der Waals surface area (Å²) < 4.78 is 5.58. The molecule has 2 atom stereocenters. The average Bonchev–Trinajstić information content (AvgIpc) is 3.27. The number of hydrogen-bond donors (Lipinski definition) is 0. The third-order valence-corrected chi connectivity index (χ3v) is 6.29. The minimum absolute atomic E-state index is 0.242. The van der Waals surface area contributed by atoms with E-state index in [1.165, 1.54) is 16.2 Å². The van der Waals surface area contributed by atoms with E-state index in [-0.39, 0.29) is 11.8 Å². The number of nitrogens with zero attached hydrogens (tertiary/aromatic N) is 2. The van der Waals surface area contributed by atoms with Crippen LogP contribution in [0.25, 0.3) is 5.57 Å². The molecule has 0 bridgehead atoms. The van der Waals surface area contributed by atoms with Gasteiger partial charge in [0.25, 0.3) is 11.8 Å². The first-order valence-corrected chi connectivity index (χ1v) is 11.0. The molecule has 1 aromatic heterocycles. The number of likely N-dealkylation sites (tertiary alicyclic amines) is 1. The normalized spacial score (nSPS) is 22.6. The first-order chi connectivity index (χ1) is 14.0. The summed E-state index contributed by atoms with van der Waals surface area (Å²) in [6, 6.07) is 11.0. The van der Waals surface area contributed by atoms with Gasteiger partial charge in [-0.25, -0.2) is 4.90 Å².